The van der Waals surface area contributed by atoms with E-state index in [0.29, 0.717) is 24.6 Å². The van der Waals surface area contributed by atoms with Crippen LogP contribution >= 0.6 is 0 Å². The smallest absolute Gasteiger partial charge is 0.191 e. The van der Waals surface area contributed by atoms with E-state index in [1.807, 2.05) is 6.92 Å². The van der Waals surface area contributed by atoms with Crippen LogP contribution in [0.4, 0.5) is 8.78 Å². The Balaban J connectivity index is 1.49. The van der Waals surface area contributed by atoms with Crippen LogP contribution in [0.2, 0.25) is 0 Å². The predicted octanol–water partition coefficient (Wildman–Crippen LogP) is 2.69. The SMILES string of the molecule is CCNC(=NCCc1cc(F)ccc1F)NC1CCN(C2CC2)CC1. The molecule has 2 aliphatic rings. The van der Waals surface area contributed by atoms with Crippen molar-refractivity contribution in [2.24, 2.45) is 4.99 Å². The van der Waals surface area contributed by atoms with Gasteiger partial charge in [-0.2, -0.15) is 0 Å². The summed E-state index contributed by atoms with van der Waals surface area (Å²) in [6, 6.07) is 4.83. The number of likely N-dealkylation sites (tertiary alicyclic amines) is 1. The average molecular weight is 350 g/mol. The monoisotopic (exact) mass is 350 g/mol. The summed E-state index contributed by atoms with van der Waals surface area (Å²) in [5.74, 6) is -0.0148. The molecule has 3 rings (SSSR count). The maximum absolute atomic E-state index is 13.7. The van der Waals surface area contributed by atoms with Crippen LogP contribution in [0.25, 0.3) is 0 Å². The first-order valence-electron chi connectivity index (χ1n) is 9.38. The lowest BCUT2D eigenvalue weighted by Crippen LogP contribution is -2.49. The fraction of sp³-hybridized carbons (Fsp3) is 0.632. The Hall–Kier alpha value is -1.69. The average Bonchev–Trinajstić information content (AvgIpc) is 3.44. The zero-order chi connectivity index (χ0) is 17.6. The molecular formula is C19H28F2N4. The third kappa shape index (κ3) is 5.39. The Bertz CT molecular complexity index is 593. The highest BCUT2D eigenvalue weighted by Crippen LogP contribution is 2.29. The van der Waals surface area contributed by atoms with E-state index in [0.717, 1.165) is 50.5 Å². The summed E-state index contributed by atoms with van der Waals surface area (Å²) in [7, 11) is 0. The second kappa shape index (κ2) is 8.61. The van der Waals surface area contributed by atoms with Crippen LogP contribution in [0.3, 0.4) is 0 Å². The molecular weight excluding hydrogens is 322 g/mol. The topological polar surface area (TPSA) is 39.7 Å². The zero-order valence-corrected chi connectivity index (χ0v) is 14.9. The lowest BCUT2D eigenvalue weighted by Gasteiger charge is -2.33. The van der Waals surface area contributed by atoms with Gasteiger partial charge in [0.1, 0.15) is 11.6 Å². The van der Waals surface area contributed by atoms with E-state index < -0.39 is 5.82 Å². The van der Waals surface area contributed by atoms with E-state index in [-0.39, 0.29) is 5.82 Å². The van der Waals surface area contributed by atoms with Crippen LogP contribution in [0.5, 0.6) is 0 Å². The fourth-order valence-electron chi connectivity index (χ4n) is 3.39. The van der Waals surface area contributed by atoms with E-state index in [2.05, 4.69) is 20.5 Å². The van der Waals surface area contributed by atoms with Crippen molar-refractivity contribution in [2.75, 3.05) is 26.2 Å². The minimum atomic E-state index is -0.409. The quantitative estimate of drug-likeness (QED) is 0.612. The van der Waals surface area contributed by atoms with Crippen molar-refractivity contribution in [2.45, 2.75) is 51.1 Å². The molecule has 0 unspecified atom stereocenters. The Kier molecular flexibility index (Phi) is 6.24. The molecule has 1 aliphatic carbocycles. The number of guanidine groups is 1. The highest BCUT2D eigenvalue weighted by atomic mass is 19.1. The Morgan fingerprint density at radius 2 is 1.96 bits per heavy atom. The third-order valence-corrected chi connectivity index (χ3v) is 4.94. The van der Waals surface area contributed by atoms with Crippen LogP contribution in [-0.4, -0.2) is 49.1 Å². The van der Waals surface area contributed by atoms with Gasteiger partial charge >= 0.3 is 0 Å². The fourth-order valence-corrected chi connectivity index (χ4v) is 3.39. The largest absolute Gasteiger partial charge is 0.357 e. The van der Waals surface area contributed by atoms with E-state index in [1.54, 1.807) is 0 Å². The standard InChI is InChI=1S/C19H28F2N4/c1-2-22-19(23-10-7-14-13-15(20)3-6-18(14)21)24-16-8-11-25(12-9-16)17-4-5-17/h3,6,13,16-17H,2,4-5,7-12H2,1H3,(H2,22,23,24). The molecule has 1 aliphatic heterocycles. The third-order valence-electron chi connectivity index (χ3n) is 4.94. The molecule has 0 amide bonds. The first-order valence-corrected chi connectivity index (χ1v) is 9.38. The number of rotatable bonds is 6. The van der Waals surface area contributed by atoms with Gasteiger partial charge in [0.05, 0.1) is 0 Å². The molecule has 25 heavy (non-hydrogen) atoms. The number of hydrogen-bond acceptors (Lipinski definition) is 2. The van der Waals surface area contributed by atoms with Crippen LogP contribution in [0.15, 0.2) is 23.2 Å². The lowest BCUT2D eigenvalue weighted by atomic mass is 10.1. The highest BCUT2D eigenvalue weighted by Gasteiger charge is 2.31. The van der Waals surface area contributed by atoms with E-state index in [4.69, 9.17) is 0 Å². The molecule has 4 nitrogen and oxygen atoms in total. The van der Waals surface area contributed by atoms with Crippen molar-refractivity contribution in [3.63, 3.8) is 0 Å². The number of nitrogens with zero attached hydrogens (tertiary/aromatic N) is 2. The minimum Gasteiger partial charge on any atom is -0.357 e. The maximum Gasteiger partial charge on any atom is 0.191 e. The van der Waals surface area contributed by atoms with Gasteiger partial charge in [0.2, 0.25) is 0 Å². The Morgan fingerprint density at radius 3 is 2.64 bits per heavy atom. The molecule has 1 saturated carbocycles. The summed E-state index contributed by atoms with van der Waals surface area (Å²) in [5.41, 5.74) is 0.373. The van der Waals surface area contributed by atoms with Crippen LogP contribution in [0, 0.1) is 11.6 Å². The lowest BCUT2D eigenvalue weighted by molar-refractivity contribution is 0.197. The van der Waals surface area contributed by atoms with Crippen LogP contribution in [-0.2, 0) is 6.42 Å². The van der Waals surface area contributed by atoms with Gasteiger partial charge in [-0.15, -0.1) is 0 Å². The van der Waals surface area contributed by atoms with Crippen molar-refractivity contribution in [1.29, 1.82) is 0 Å². The van der Waals surface area contributed by atoms with Crippen LogP contribution in [0.1, 0.15) is 38.2 Å². The van der Waals surface area contributed by atoms with Gasteiger partial charge in [-0.1, -0.05) is 0 Å². The molecule has 0 spiro atoms. The maximum atomic E-state index is 13.7. The molecule has 6 heteroatoms. The van der Waals surface area contributed by atoms with E-state index in [1.165, 1.54) is 25.0 Å². The van der Waals surface area contributed by atoms with Crippen molar-refractivity contribution in [3.05, 3.63) is 35.4 Å². The second-order valence-electron chi connectivity index (χ2n) is 6.93. The van der Waals surface area contributed by atoms with Gasteiger partial charge in [-0.25, -0.2) is 8.78 Å². The molecule has 0 atom stereocenters. The number of nitrogens with one attached hydrogen (secondary N) is 2. The number of halogens is 2. The molecule has 0 radical (unpaired) electrons. The summed E-state index contributed by atoms with van der Waals surface area (Å²) < 4.78 is 26.9. The van der Waals surface area contributed by atoms with Gasteiger partial charge in [0.25, 0.3) is 0 Å². The number of piperidine rings is 1. The van der Waals surface area contributed by atoms with Crippen LogP contribution < -0.4 is 10.6 Å². The van der Waals surface area contributed by atoms with Crippen molar-refractivity contribution in [3.8, 4) is 0 Å². The Morgan fingerprint density at radius 1 is 1.20 bits per heavy atom. The van der Waals surface area contributed by atoms with E-state index in [9.17, 15) is 8.78 Å². The first-order chi connectivity index (χ1) is 12.2. The highest BCUT2D eigenvalue weighted by molar-refractivity contribution is 5.80. The number of hydrogen-bond donors (Lipinski definition) is 2. The summed E-state index contributed by atoms with van der Waals surface area (Å²) in [5, 5.41) is 6.74. The minimum absolute atomic E-state index is 0.373. The molecule has 0 bridgehead atoms. The number of benzene rings is 1. The molecule has 1 heterocycles. The van der Waals surface area contributed by atoms with E-state index >= 15 is 0 Å². The molecule has 1 aromatic rings. The van der Waals surface area contributed by atoms with Gasteiger partial charge in [0, 0.05) is 38.3 Å². The Labute approximate surface area is 148 Å². The van der Waals surface area contributed by atoms with Gasteiger partial charge < -0.3 is 15.5 Å². The van der Waals surface area contributed by atoms with Gasteiger partial charge in [0.15, 0.2) is 5.96 Å². The summed E-state index contributed by atoms with van der Waals surface area (Å²) in [6.45, 7) is 5.53. The molecule has 2 N–H and O–H groups in total. The molecule has 0 aromatic heterocycles. The van der Waals surface area contributed by atoms with Crippen molar-refractivity contribution in [1.82, 2.24) is 15.5 Å². The summed E-state index contributed by atoms with van der Waals surface area (Å²) in [6.07, 6.45) is 5.36. The normalized spacial score (nSPS) is 19.9. The van der Waals surface area contributed by atoms with Gasteiger partial charge in [-0.05, 0) is 62.8 Å². The molecule has 1 aromatic carbocycles. The van der Waals surface area contributed by atoms with Crippen molar-refractivity contribution >= 4 is 5.96 Å². The number of aliphatic imine (C=N–C) groups is 1. The molecule has 138 valence electrons. The summed E-state index contributed by atoms with van der Waals surface area (Å²) >= 11 is 0. The predicted molar refractivity (Wildman–Crippen MR) is 96.8 cm³/mol. The molecule has 2 fully saturated rings. The first kappa shape index (κ1) is 18.1. The van der Waals surface area contributed by atoms with Crippen molar-refractivity contribution < 1.29 is 8.78 Å². The molecule has 1 saturated heterocycles. The second-order valence-corrected chi connectivity index (χ2v) is 6.93. The zero-order valence-electron chi connectivity index (χ0n) is 14.9. The van der Waals surface area contributed by atoms with Gasteiger partial charge in [-0.3, -0.25) is 4.99 Å². The summed E-state index contributed by atoms with van der Waals surface area (Å²) in [4.78, 5) is 7.12.